The second-order valence-electron chi connectivity index (χ2n) is 6.61. The van der Waals surface area contributed by atoms with Gasteiger partial charge < -0.3 is 9.84 Å². The highest BCUT2D eigenvalue weighted by Crippen LogP contribution is 2.40. The molecule has 0 aliphatic carbocycles. The van der Waals surface area contributed by atoms with Crippen molar-refractivity contribution < 1.29 is 9.84 Å². The molecule has 0 radical (unpaired) electrons. The standard InChI is InChI=1S/C22H28O2/c1-15(2)9-8-10-16(3)13-14-18-17(4)22(24-5)20-12-7-6-11-19(20)21(18)23/h6-7,9,11-13,23H,8,10,14H2,1-5H3/b16-13+. The fourth-order valence-electron chi connectivity index (χ4n) is 3.05. The Kier molecular flexibility index (Phi) is 6.08. The largest absolute Gasteiger partial charge is 0.507 e. The minimum absolute atomic E-state index is 0.372. The number of phenols is 1. The lowest BCUT2D eigenvalue weighted by atomic mass is 9.95. The number of allylic oxidation sites excluding steroid dienone is 4. The Hall–Kier alpha value is -2.22. The topological polar surface area (TPSA) is 29.5 Å². The Morgan fingerprint density at radius 1 is 1.08 bits per heavy atom. The minimum Gasteiger partial charge on any atom is -0.507 e. The van der Waals surface area contributed by atoms with Crippen LogP contribution in [0.2, 0.25) is 0 Å². The number of ether oxygens (including phenoxy) is 1. The van der Waals surface area contributed by atoms with Gasteiger partial charge in [0.05, 0.1) is 7.11 Å². The molecule has 2 rings (SSSR count). The van der Waals surface area contributed by atoms with Crippen molar-refractivity contribution in [2.75, 3.05) is 7.11 Å². The smallest absolute Gasteiger partial charge is 0.130 e. The Labute approximate surface area is 145 Å². The molecule has 0 spiro atoms. The van der Waals surface area contributed by atoms with Gasteiger partial charge in [0.1, 0.15) is 11.5 Å². The van der Waals surface area contributed by atoms with Crippen molar-refractivity contribution in [3.8, 4) is 11.5 Å². The summed E-state index contributed by atoms with van der Waals surface area (Å²) in [5.74, 6) is 1.23. The third kappa shape index (κ3) is 4.00. The van der Waals surface area contributed by atoms with Gasteiger partial charge >= 0.3 is 0 Å². The van der Waals surface area contributed by atoms with E-state index in [4.69, 9.17) is 4.74 Å². The van der Waals surface area contributed by atoms with Gasteiger partial charge in [-0.2, -0.15) is 0 Å². The highest BCUT2D eigenvalue weighted by molar-refractivity contribution is 5.95. The highest BCUT2D eigenvalue weighted by atomic mass is 16.5. The van der Waals surface area contributed by atoms with Crippen LogP contribution in [0.4, 0.5) is 0 Å². The van der Waals surface area contributed by atoms with Gasteiger partial charge in [-0.15, -0.1) is 0 Å². The maximum atomic E-state index is 10.7. The average molecular weight is 324 g/mol. The molecule has 2 nitrogen and oxygen atoms in total. The summed E-state index contributed by atoms with van der Waals surface area (Å²) >= 11 is 0. The molecule has 24 heavy (non-hydrogen) atoms. The fourth-order valence-corrected chi connectivity index (χ4v) is 3.05. The first-order valence-corrected chi connectivity index (χ1v) is 8.51. The Morgan fingerprint density at radius 2 is 1.75 bits per heavy atom. The van der Waals surface area contributed by atoms with E-state index in [-0.39, 0.29) is 0 Å². The predicted octanol–water partition coefficient (Wildman–Crippen LogP) is 6.10. The summed E-state index contributed by atoms with van der Waals surface area (Å²) < 4.78 is 5.61. The molecule has 2 aromatic carbocycles. The molecule has 0 aliphatic rings. The molecule has 2 aromatic rings. The molecule has 0 aromatic heterocycles. The summed E-state index contributed by atoms with van der Waals surface area (Å²) in [6.45, 7) is 8.43. The van der Waals surface area contributed by atoms with Gasteiger partial charge in [-0.25, -0.2) is 0 Å². The van der Waals surface area contributed by atoms with Crippen molar-refractivity contribution >= 4 is 10.8 Å². The minimum atomic E-state index is 0.372. The van der Waals surface area contributed by atoms with E-state index in [0.717, 1.165) is 46.9 Å². The van der Waals surface area contributed by atoms with E-state index < -0.39 is 0 Å². The molecule has 128 valence electrons. The van der Waals surface area contributed by atoms with E-state index in [1.807, 2.05) is 31.2 Å². The Balaban J connectivity index is 2.33. The van der Waals surface area contributed by atoms with Gasteiger partial charge in [0.25, 0.3) is 0 Å². The molecule has 0 unspecified atom stereocenters. The van der Waals surface area contributed by atoms with Gasteiger partial charge in [0.15, 0.2) is 0 Å². The Morgan fingerprint density at radius 3 is 2.38 bits per heavy atom. The van der Waals surface area contributed by atoms with Crippen molar-refractivity contribution in [1.29, 1.82) is 0 Å². The van der Waals surface area contributed by atoms with Gasteiger partial charge in [-0.05, 0) is 52.5 Å². The van der Waals surface area contributed by atoms with Gasteiger partial charge in [-0.3, -0.25) is 0 Å². The number of hydrogen-bond acceptors (Lipinski definition) is 2. The number of hydrogen-bond donors (Lipinski definition) is 1. The lowest BCUT2D eigenvalue weighted by molar-refractivity contribution is 0.414. The maximum absolute atomic E-state index is 10.7. The number of methoxy groups -OCH3 is 1. The molecule has 0 saturated heterocycles. The van der Waals surface area contributed by atoms with Gasteiger partial charge in [0, 0.05) is 16.3 Å². The SMILES string of the molecule is COc1c(C)c(C/C=C(\C)CCC=C(C)C)c(O)c2ccccc12. The molecular formula is C22H28O2. The van der Waals surface area contributed by atoms with E-state index in [1.165, 1.54) is 11.1 Å². The first-order chi connectivity index (χ1) is 11.5. The zero-order valence-corrected chi connectivity index (χ0v) is 15.4. The normalized spacial score (nSPS) is 11.6. The van der Waals surface area contributed by atoms with E-state index >= 15 is 0 Å². The van der Waals surface area contributed by atoms with Crippen LogP contribution in [0.3, 0.4) is 0 Å². The Bertz CT molecular complexity index is 778. The molecule has 0 saturated carbocycles. The summed E-state index contributed by atoms with van der Waals surface area (Å²) in [5.41, 5.74) is 4.67. The molecule has 2 heteroatoms. The van der Waals surface area contributed by atoms with Gasteiger partial charge in [0.2, 0.25) is 0 Å². The monoisotopic (exact) mass is 324 g/mol. The molecule has 0 atom stereocenters. The summed E-state index contributed by atoms with van der Waals surface area (Å²) in [6, 6.07) is 7.85. The molecule has 0 fully saturated rings. The quantitative estimate of drug-likeness (QED) is 0.651. The van der Waals surface area contributed by atoms with Crippen LogP contribution in [0.1, 0.15) is 44.7 Å². The number of rotatable bonds is 6. The molecule has 0 heterocycles. The van der Waals surface area contributed by atoms with Crippen LogP contribution in [-0.4, -0.2) is 12.2 Å². The molecule has 0 amide bonds. The third-order valence-electron chi connectivity index (χ3n) is 4.46. The zero-order valence-electron chi connectivity index (χ0n) is 15.4. The molecule has 1 N–H and O–H groups in total. The average Bonchev–Trinajstić information content (AvgIpc) is 2.55. The summed E-state index contributed by atoms with van der Waals surface area (Å²) in [6.07, 6.45) is 7.32. The molecule has 0 aliphatic heterocycles. The number of fused-ring (bicyclic) bond motifs is 1. The van der Waals surface area contributed by atoms with E-state index in [9.17, 15) is 5.11 Å². The van der Waals surface area contributed by atoms with Crippen molar-refractivity contribution in [3.63, 3.8) is 0 Å². The predicted molar refractivity (Wildman–Crippen MR) is 103 cm³/mol. The van der Waals surface area contributed by atoms with E-state index in [0.29, 0.717) is 5.75 Å². The van der Waals surface area contributed by atoms with Gasteiger partial charge in [-0.1, -0.05) is 47.6 Å². The first kappa shape index (κ1) is 18.1. The molecule has 0 bridgehead atoms. The van der Waals surface area contributed by atoms with Crippen LogP contribution < -0.4 is 4.74 Å². The first-order valence-electron chi connectivity index (χ1n) is 8.51. The number of benzene rings is 2. The lowest BCUT2D eigenvalue weighted by Gasteiger charge is -2.16. The van der Waals surface area contributed by atoms with Crippen LogP contribution in [0, 0.1) is 6.92 Å². The summed E-state index contributed by atoms with van der Waals surface area (Å²) in [4.78, 5) is 0. The third-order valence-corrected chi connectivity index (χ3v) is 4.46. The summed E-state index contributed by atoms with van der Waals surface area (Å²) in [5, 5.41) is 12.5. The highest BCUT2D eigenvalue weighted by Gasteiger charge is 2.15. The van der Waals surface area contributed by atoms with Crippen molar-refractivity contribution in [3.05, 3.63) is 58.7 Å². The second-order valence-corrected chi connectivity index (χ2v) is 6.61. The van der Waals surface area contributed by atoms with E-state index in [2.05, 4.69) is 32.9 Å². The van der Waals surface area contributed by atoms with Crippen LogP contribution in [0.5, 0.6) is 11.5 Å². The second kappa shape index (κ2) is 8.05. The number of phenolic OH excluding ortho intramolecular Hbond substituents is 1. The van der Waals surface area contributed by atoms with Crippen molar-refractivity contribution in [2.24, 2.45) is 0 Å². The van der Waals surface area contributed by atoms with Crippen LogP contribution >= 0.6 is 0 Å². The van der Waals surface area contributed by atoms with Crippen molar-refractivity contribution in [1.82, 2.24) is 0 Å². The molecular weight excluding hydrogens is 296 g/mol. The van der Waals surface area contributed by atoms with Crippen LogP contribution in [0.25, 0.3) is 10.8 Å². The zero-order chi connectivity index (χ0) is 17.7. The van der Waals surface area contributed by atoms with Crippen molar-refractivity contribution in [2.45, 2.75) is 47.0 Å². The van der Waals surface area contributed by atoms with Crippen LogP contribution in [-0.2, 0) is 6.42 Å². The van der Waals surface area contributed by atoms with Crippen LogP contribution in [0.15, 0.2) is 47.6 Å². The summed E-state index contributed by atoms with van der Waals surface area (Å²) in [7, 11) is 1.69. The number of aromatic hydroxyl groups is 1. The maximum Gasteiger partial charge on any atom is 0.130 e. The lowest BCUT2D eigenvalue weighted by Crippen LogP contribution is -1.96. The van der Waals surface area contributed by atoms with E-state index in [1.54, 1.807) is 7.11 Å². The fraction of sp³-hybridized carbons (Fsp3) is 0.364.